The maximum atomic E-state index is 13.6. The largest absolute Gasteiger partial charge is 0.364 e. The number of nitrogens with zero attached hydrogens (tertiary/aromatic N) is 3. The van der Waals surface area contributed by atoms with Gasteiger partial charge < -0.3 is 11.1 Å². The van der Waals surface area contributed by atoms with E-state index >= 15 is 0 Å². The molecule has 7 heteroatoms. The van der Waals surface area contributed by atoms with Crippen molar-refractivity contribution in [3.05, 3.63) is 83.6 Å². The van der Waals surface area contributed by atoms with Crippen molar-refractivity contribution < 1.29 is 9.18 Å². The van der Waals surface area contributed by atoms with Crippen LogP contribution in [0.1, 0.15) is 27.8 Å². The number of anilines is 1. The number of hydrogen-bond donors (Lipinski definition) is 2. The maximum Gasteiger partial charge on any atom is 0.269 e. The first-order valence-corrected chi connectivity index (χ1v) is 7.20. The predicted molar refractivity (Wildman–Crippen MR) is 86.7 cm³/mol. The Hall–Kier alpha value is -3.35. The van der Waals surface area contributed by atoms with Crippen LogP contribution >= 0.6 is 0 Å². The Balaban J connectivity index is 1.94. The molecule has 2 aromatic heterocycles. The molecule has 3 aromatic rings. The minimum absolute atomic E-state index is 0.0701. The van der Waals surface area contributed by atoms with E-state index in [1.807, 2.05) is 12.1 Å². The first kappa shape index (κ1) is 15.5. The third kappa shape index (κ3) is 3.52. The van der Waals surface area contributed by atoms with Crippen LogP contribution in [0.4, 0.5) is 10.2 Å². The highest BCUT2D eigenvalue weighted by atomic mass is 19.1. The molecule has 0 saturated carbocycles. The molecular weight excluding hydrogens is 309 g/mol. The first-order valence-electron chi connectivity index (χ1n) is 7.20. The molecule has 0 saturated heterocycles. The molecule has 1 unspecified atom stereocenters. The summed E-state index contributed by atoms with van der Waals surface area (Å²) in [5, 5.41) is 10.8. The van der Waals surface area contributed by atoms with E-state index in [0.29, 0.717) is 17.1 Å². The number of halogens is 1. The van der Waals surface area contributed by atoms with Gasteiger partial charge in [-0.1, -0.05) is 18.2 Å². The van der Waals surface area contributed by atoms with E-state index in [-0.39, 0.29) is 11.5 Å². The van der Waals surface area contributed by atoms with Crippen molar-refractivity contribution >= 4 is 11.7 Å². The van der Waals surface area contributed by atoms with Crippen LogP contribution in [0.15, 0.2) is 60.8 Å². The molecule has 1 atom stereocenters. The lowest BCUT2D eigenvalue weighted by molar-refractivity contribution is 0.0994. The summed E-state index contributed by atoms with van der Waals surface area (Å²) in [6, 6.07) is 14.3. The molecule has 0 aliphatic rings. The number of carbonyl (C=O) groups is 1. The van der Waals surface area contributed by atoms with E-state index in [1.165, 1.54) is 18.2 Å². The van der Waals surface area contributed by atoms with Gasteiger partial charge in [-0.2, -0.15) is 0 Å². The summed E-state index contributed by atoms with van der Waals surface area (Å²) in [7, 11) is 0. The molecule has 2 heterocycles. The molecule has 0 bridgehead atoms. The van der Waals surface area contributed by atoms with Gasteiger partial charge in [-0.3, -0.25) is 9.78 Å². The van der Waals surface area contributed by atoms with E-state index in [4.69, 9.17) is 5.73 Å². The fourth-order valence-electron chi connectivity index (χ4n) is 2.25. The zero-order chi connectivity index (χ0) is 16.9. The summed E-state index contributed by atoms with van der Waals surface area (Å²) in [6.07, 6.45) is 1.66. The molecular formula is C17H14FN5O. The minimum atomic E-state index is -0.652. The second-order valence-electron chi connectivity index (χ2n) is 5.06. The van der Waals surface area contributed by atoms with E-state index in [0.717, 1.165) is 0 Å². The van der Waals surface area contributed by atoms with Crippen molar-refractivity contribution in [2.75, 3.05) is 5.32 Å². The van der Waals surface area contributed by atoms with Gasteiger partial charge in [0.2, 0.25) is 0 Å². The summed E-state index contributed by atoms with van der Waals surface area (Å²) >= 11 is 0. The van der Waals surface area contributed by atoms with E-state index in [2.05, 4.69) is 20.5 Å². The molecule has 1 amide bonds. The fraction of sp³-hybridized carbons (Fsp3) is 0.0588. The standard InChI is InChI=1S/C17H14FN5O/c18-12-5-3-4-11(10-12)16(13-6-1-2-9-20-13)21-15-8-7-14(17(19)24)22-23-15/h1-10,16H,(H2,19,24)(H,21,23). The number of amides is 1. The SMILES string of the molecule is NC(=O)c1ccc(NC(c2cccc(F)c2)c2ccccn2)nn1. The Morgan fingerprint density at radius 3 is 2.58 bits per heavy atom. The van der Waals surface area contributed by atoms with Gasteiger partial charge in [-0.05, 0) is 42.0 Å². The number of hydrogen-bond acceptors (Lipinski definition) is 5. The average molecular weight is 323 g/mol. The van der Waals surface area contributed by atoms with Crippen molar-refractivity contribution in [2.24, 2.45) is 5.73 Å². The highest BCUT2D eigenvalue weighted by molar-refractivity contribution is 5.90. The molecule has 0 fully saturated rings. The Kier molecular flexibility index (Phi) is 4.42. The normalized spacial score (nSPS) is 11.7. The summed E-state index contributed by atoms with van der Waals surface area (Å²) in [6.45, 7) is 0. The van der Waals surface area contributed by atoms with Gasteiger partial charge in [-0.15, -0.1) is 10.2 Å². The van der Waals surface area contributed by atoms with Crippen LogP contribution in [0.25, 0.3) is 0 Å². The van der Waals surface area contributed by atoms with Crippen molar-refractivity contribution in [2.45, 2.75) is 6.04 Å². The Morgan fingerprint density at radius 1 is 1.08 bits per heavy atom. The molecule has 3 rings (SSSR count). The van der Waals surface area contributed by atoms with E-state index in [1.54, 1.807) is 30.5 Å². The predicted octanol–water partition coefficient (Wildman–Crippen LogP) is 2.31. The Labute approximate surface area is 137 Å². The summed E-state index contributed by atoms with van der Waals surface area (Å²) in [5.74, 6) is -0.578. The number of benzene rings is 1. The molecule has 24 heavy (non-hydrogen) atoms. The van der Waals surface area contributed by atoms with E-state index < -0.39 is 11.9 Å². The average Bonchev–Trinajstić information content (AvgIpc) is 2.61. The number of aromatic nitrogens is 3. The van der Waals surface area contributed by atoms with Crippen LogP contribution in [-0.2, 0) is 0 Å². The van der Waals surface area contributed by atoms with Crippen molar-refractivity contribution in [1.29, 1.82) is 0 Å². The molecule has 0 radical (unpaired) electrons. The van der Waals surface area contributed by atoms with Gasteiger partial charge in [-0.25, -0.2) is 4.39 Å². The molecule has 1 aromatic carbocycles. The lowest BCUT2D eigenvalue weighted by atomic mass is 10.0. The zero-order valence-electron chi connectivity index (χ0n) is 12.6. The molecule has 0 aliphatic carbocycles. The summed E-state index contributed by atoms with van der Waals surface area (Å²) < 4.78 is 13.6. The third-order valence-corrected chi connectivity index (χ3v) is 3.37. The molecule has 0 spiro atoms. The topological polar surface area (TPSA) is 93.8 Å². The van der Waals surface area contributed by atoms with Crippen molar-refractivity contribution in [1.82, 2.24) is 15.2 Å². The highest BCUT2D eigenvalue weighted by Crippen LogP contribution is 2.24. The van der Waals surface area contributed by atoms with Gasteiger partial charge in [0.25, 0.3) is 5.91 Å². The monoisotopic (exact) mass is 323 g/mol. The van der Waals surface area contributed by atoms with Crippen LogP contribution in [0, 0.1) is 5.82 Å². The number of nitrogens with two attached hydrogens (primary N) is 1. The number of rotatable bonds is 5. The number of pyridine rings is 1. The minimum Gasteiger partial charge on any atom is -0.364 e. The van der Waals surface area contributed by atoms with E-state index in [9.17, 15) is 9.18 Å². The van der Waals surface area contributed by atoms with Gasteiger partial charge >= 0.3 is 0 Å². The molecule has 0 aliphatic heterocycles. The number of nitrogens with one attached hydrogen (secondary N) is 1. The Bertz CT molecular complexity index is 839. The van der Waals surface area contributed by atoms with Gasteiger partial charge in [0.15, 0.2) is 5.69 Å². The lowest BCUT2D eigenvalue weighted by Gasteiger charge is -2.19. The number of primary amides is 1. The zero-order valence-corrected chi connectivity index (χ0v) is 12.6. The van der Waals surface area contributed by atoms with Gasteiger partial charge in [0.05, 0.1) is 11.7 Å². The van der Waals surface area contributed by atoms with Gasteiger partial charge in [0.1, 0.15) is 11.6 Å². The second-order valence-corrected chi connectivity index (χ2v) is 5.06. The van der Waals surface area contributed by atoms with Crippen molar-refractivity contribution in [3.63, 3.8) is 0 Å². The summed E-state index contributed by atoms with van der Waals surface area (Å²) in [4.78, 5) is 15.4. The molecule has 6 nitrogen and oxygen atoms in total. The number of carbonyl (C=O) groups excluding carboxylic acids is 1. The maximum absolute atomic E-state index is 13.6. The third-order valence-electron chi connectivity index (χ3n) is 3.37. The first-order chi connectivity index (χ1) is 11.6. The second kappa shape index (κ2) is 6.82. The highest BCUT2D eigenvalue weighted by Gasteiger charge is 2.17. The van der Waals surface area contributed by atoms with Gasteiger partial charge in [0, 0.05) is 6.20 Å². The van der Waals surface area contributed by atoms with Crippen LogP contribution in [0.2, 0.25) is 0 Å². The van der Waals surface area contributed by atoms with Crippen molar-refractivity contribution in [3.8, 4) is 0 Å². The van der Waals surface area contributed by atoms with Crippen LogP contribution in [-0.4, -0.2) is 21.1 Å². The Morgan fingerprint density at radius 2 is 1.96 bits per heavy atom. The van der Waals surface area contributed by atoms with Crippen LogP contribution in [0.3, 0.4) is 0 Å². The smallest absolute Gasteiger partial charge is 0.269 e. The molecule has 3 N–H and O–H groups in total. The molecule has 120 valence electrons. The summed E-state index contributed by atoms with van der Waals surface area (Å²) in [5.41, 5.74) is 6.61. The lowest BCUT2D eigenvalue weighted by Crippen LogP contribution is -2.17. The quantitative estimate of drug-likeness (QED) is 0.751. The fourth-order valence-corrected chi connectivity index (χ4v) is 2.25. The van der Waals surface area contributed by atoms with Crippen LogP contribution < -0.4 is 11.1 Å². The van der Waals surface area contributed by atoms with Crippen LogP contribution in [0.5, 0.6) is 0 Å².